The van der Waals surface area contributed by atoms with Gasteiger partial charge in [0.1, 0.15) is 0 Å². The molecule has 0 saturated heterocycles. The summed E-state index contributed by atoms with van der Waals surface area (Å²) in [5, 5.41) is 3.71. The van der Waals surface area contributed by atoms with Crippen molar-refractivity contribution in [3.63, 3.8) is 0 Å². The molecule has 0 saturated carbocycles. The average molecular weight is 295 g/mol. The molecular formula is C17H29NOS. The summed E-state index contributed by atoms with van der Waals surface area (Å²) in [6, 6.07) is 11.5. The SMILES string of the molecule is CCCCCC(NC(C)CCS(C)=O)c1ccccc1. The summed E-state index contributed by atoms with van der Waals surface area (Å²) in [7, 11) is -0.692. The lowest BCUT2D eigenvalue weighted by Gasteiger charge is -2.24. The van der Waals surface area contributed by atoms with Crippen molar-refractivity contribution >= 4 is 10.8 Å². The molecule has 1 aromatic rings. The molecular weight excluding hydrogens is 266 g/mol. The van der Waals surface area contributed by atoms with Crippen molar-refractivity contribution in [1.82, 2.24) is 5.32 Å². The van der Waals surface area contributed by atoms with Crippen LogP contribution in [0.1, 0.15) is 57.6 Å². The monoisotopic (exact) mass is 295 g/mol. The van der Waals surface area contributed by atoms with Gasteiger partial charge in [-0.3, -0.25) is 4.21 Å². The second kappa shape index (κ2) is 10.1. The Bertz CT molecular complexity index is 380. The lowest BCUT2D eigenvalue weighted by Crippen LogP contribution is -2.31. The smallest absolute Gasteiger partial charge is 0.0322 e. The van der Waals surface area contributed by atoms with E-state index in [1.54, 1.807) is 6.26 Å². The van der Waals surface area contributed by atoms with E-state index in [0.717, 1.165) is 12.2 Å². The number of benzene rings is 1. The van der Waals surface area contributed by atoms with Gasteiger partial charge >= 0.3 is 0 Å². The highest BCUT2D eigenvalue weighted by atomic mass is 32.2. The van der Waals surface area contributed by atoms with Gasteiger partial charge in [-0.2, -0.15) is 0 Å². The van der Waals surface area contributed by atoms with Crippen molar-refractivity contribution in [3.8, 4) is 0 Å². The Morgan fingerprint density at radius 3 is 2.45 bits per heavy atom. The third-order valence-electron chi connectivity index (χ3n) is 3.62. The van der Waals surface area contributed by atoms with Crippen molar-refractivity contribution < 1.29 is 4.21 Å². The van der Waals surface area contributed by atoms with Crippen LogP contribution in [0, 0.1) is 0 Å². The molecule has 114 valence electrons. The molecule has 0 bridgehead atoms. The van der Waals surface area contributed by atoms with Gasteiger partial charge in [-0.05, 0) is 25.3 Å². The zero-order valence-corrected chi connectivity index (χ0v) is 13.9. The van der Waals surface area contributed by atoms with Crippen LogP contribution in [-0.2, 0) is 10.8 Å². The van der Waals surface area contributed by atoms with Crippen molar-refractivity contribution in [2.24, 2.45) is 0 Å². The molecule has 20 heavy (non-hydrogen) atoms. The Morgan fingerprint density at radius 2 is 1.85 bits per heavy atom. The second-order valence-corrected chi connectivity index (χ2v) is 7.15. The highest BCUT2D eigenvalue weighted by Crippen LogP contribution is 2.20. The Kier molecular flexibility index (Phi) is 8.79. The van der Waals surface area contributed by atoms with Crippen LogP contribution in [0.2, 0.25) is 0 Å². The molecule has 0 spiro atoms. The average Bonchev–Trinajstić information content (AvgIpc) is 2.45. The third-order valence-corrected chi connectivity index (χ3v) is 4.43. The molecule has 3 atom stereocenters. The maximum atomic E-state index is 11.2. The molecule has 0 heterocycles. The molecule has 0 aromatic heterocycles. The van der Waals surface area contributed by atoms with Crippen LogP contribution < -0.4 is 5.32 Å². The van der Waals surface area contributed by atoms with Crippen LogP contribution in [0.25, 0.3) is 0 Å². The molecule has 0 aliphatic rings. The van der Waals surface area contributed by atoms with Crippen molar-refractivity contribution in [2.75, 3.05) is 12.0 Å². The summed E-state index contributed by atoms with van der Waals surface area (Å²) in [6.07, 6.45) is 7.74. The first-order valence-electron chi connectivity index (χ1n) is 7.74. The zero-order valence-electron chi connectivity index (χ0n) is 13.1. The van der Waals surface area contributed by atoms with Crippen LogP contribution in [0.15, 0.2) is 30.3 Å². The van der Waals surface area contributed by atoms with E-state index in [2.05, 4.69) is 49.5 Å². The molecule has 0 amide bonds. The van der Waals surface area contributed by atoms with Gasteiger partial charge in [-0.15, -0.1) is 0 Å². The molecule has 1 rings (SSSR count). The summed E-state index contributed by atoms with van der Waals surface area (Å²) in [5.41, 5.74) is 1.37. The lowest BCUT2D eigenvalue weighted by molar-refractivity contribution is 0.414. The van der Waals surface area contributed by atoms with E-state index in [1.807, 2.05) is 0 Å². The topological polar surface area (TPSA) is 29.1 Å². The molecule has 1 aromatic carbocycles. The Labute approximate surface area is 126 Å². The van der Waals surface area contributed by atoms with Gasteiger partial charge in [0.05, 0.1) is 0 Å². The van der Waals surface area contributed by atoms with Gasteiger partial charge in [0.2, 0.25) is 0 Å². The first-order valence-corrected chi connectivity index (χ1v) is 9.47. The molecule has 2 nitrogen and oxygen atoms in total. The minimum Gasteiger partial charge on any atom is -0.307 e. The van der Waals surface area contributed by atoms with Crippen LogP contribution in [0.3, 0.4) is 0 Å². The summed E-state index contributed by atoms with van der Waals surface area (Å²) in [5.74, 6) is 0.782. The lowest BCUT2D eigenvalue weighted by atomic mass is 9.99. The van der Waals surface area contributed by atoms with E-state index in [-0.39, 0.29) is 0 Å². The van der Waals surface area contributed by atoms with Gasteiger partial charge in [0, 0.05) is 34.9 Å². The third kappa shape index (κ3) is 7.20. The van der Waals surface area contributed by atoms with Crippen molar-refractivity contribution in [1.29, 1.82) is 0 Å². The summed E-state index contributed by atoms with van der Waals surface area (Å²) >= 11 is 0. The van der Waals surface area contributed by atoms with E-state index in [4.69, 9.17) is 0 Å². The first kappa shape index (κ1) is 17.4. The van der Waals surface area contributed by atoms with E-state index in [1.165, 1.54) is 31.2 Å². The Morgan fingerprint density at radius 1 is 1.15 bits per heavy atom. The van der Waals surface area contributed by atoms with E-state index in [9.17, 15) is 4.21 Å². The van der Waals surface area contributed by atoms with Crippen LogP contribution in [-0.4, -0.2) is 22.3 Å². The second-order valence-electron chi connectivity index (χ2n) is 5.59. The predicted octanol–water partition coefficient (Wildman–Crippen LogP) is 4.05. The zero-order chi connectivity index (χ0) is 14.8. The highest BCUT2D eigenvalue weighted by Gasteiger charge is 2.14. The van der Waals surface area contributed by atoms with E-state index < -0.39 is 10.8 Å². The standard InChI is InChI=1S/C17H29NOS/c1-4-5-7-12-17(16-10-8-6-9-11-16)18-15(2)13-14-20(3)19/h6,8-11,15,17-18H,4-5,7,12-14H2,1-3H3. The fraction of sp³-hybridized carbons (Fsp3) is 0.647. The quantitative estimate of drug-likeness (QED) is 0.660. The minimum atomic E-state index is -0.692. The largest absolute Gasteiger partial charge is 0.307 e. The molecule has 0 fully saturated rings. The number of rotatable bonds is 10. The van der Waals surface area contributed by atoms with Crippen LogP contribution >= 0.6 is 0 Å². The maximum absolute atomic E-state index is 11.2. The fourth-order valence-corrected chi connectivity index (χ4v) is 3.09. The maximum Gasteiger partial charge on any atom is 0.0322 e. The highest BCUT2D eigenvalue weighted by molar-refractivity contribution is 7.84. The molecule has 0 radical (unpaired) electrons. The van der Waals surface area contributed by atoms with E-state index >= 15 is 0 Å². The number of nitrogens with one attached hydrogen (secondary N) is 1. The Balaban J connectivity index is 2.56. The number of hydrogen-bond acceptors (Lipinski definition) is 2. The van der Waals surface area contributed by atoms with Gasteiger partial charge in [-0.1, -0.05) is 56.5 Å². The molecule has 3 heteroatoms. The predicted molar refractivity (Wildman–Crippen MR) is 89.5 cm³/mol. The summed E-state index contributed by atoms with van der Waals surface area (Å²) in [6.45, 7) is 4.44. The molecule has 0 aliphatic heterocycles. The van der Waals surface area contributed by atoms with Crippen molar-refractivity contribution in [2.45, 2.75) is 58.0 Å². The molecule has 0 aliphatic carbocycles. The number of unbranched alkanes of at least 4 members (excludes halogenated alkanes) is 2. The summed E-state index contributed by atoms with van der Waals surface area (Å²) in [4.78, 5) is 0. The van der Waals surface area contributed by atoms with Gasteiger partial charge in [0.15, 0.2) is 0 Å². The van der Waals surface area contributed by atoms with Gasteiger partial charge in [-0.25, -0.2) is 0 Å². The van der Waals surface area contributed by atoms with E-state index in [0.29, 0.717) is 12.1 Å². The summed E-state index contributed by atoms with van der Waals surface area (Å²) < 4.78 is 11.2. The van der Waals surface area contributed by atoms with Gasteiger partial charge in [0.25, 0.3) is 0 Å². The Hall–Kier alpha value is -0.670. The van der Waals surface area contributed by atoms with Crippen LogP contribution in [0.4, 0.5) is 0 Å². The fourth-order valence-electron chi connectivity index (χ4n) is 2.40. The minimum absolute atomic E-state index is 0.408. The number of hydrogen-bond donors (Lipinski definition) is 1. The molecule has 3 unspecified atom stereocenters. The van der Waals surface area contributed by atoms with Crippen molar-refractivity contribution in [3.05, 3.63) is 35.9 Å². The normalized spacial score (nSPS) is 15.8. The molecule has 1 N–H and O–H groups in total. The van der Waals surface area contributed by atoms with Crippen LogP contribution in [0.5, 0.6) is 0 Å². The van der Waals surface area contributed by atoms with Gasteiger partial charge < -0.3 is 5.32 Å². The first-order chi connectivity index (χ1) is 9.63.